The normalized spacial score (nSPS) is 23.9. The van der Waals surface area contributed by atoms with E-state index in [-0.39, 0.29) is 19.5 Å². The average Bonchev–Trinajstić information content (AvgIpc) is 3.09. The molecule has 2 aliphatic heterocycles. The predicted molar refractivity (Wildman–Crippen MR) is 97.3 cm³/mol. The van der Waals surface area contributed by atoms with Gasteiger partial charge in [-0.3, -0.25) is 0 Å². The summed E-state index contributed by atoms with van der Waals surface area (Å²) < 4.78 is 22.6. The fraction of sp³-hybridized carbons (Fsp3) is 0.263. The first-order valence-electron chi connectivity index (χ1n) is 8.09. The molecule has 4 rings (SSSR count). The summed E-state index contributed by atoms with van der Waals surface area (Å²) in [6.07, 6.45) is 2.45. The zero-order valence-corrected chi connectivity index (χ0v) is 15.1. The van der Waals surface area contributed by atoms with E-state index in [0.717, 1.165) is 5.56 Å². The molecule has 2 aromatic rings. The van der Waals surface area contributed by atoms with Crippen LogP contribution in [0, 0.1) is 0 Å². The van der Waals surface area contributed by atoms with Crippen molar-refractivity contribution < 1.29 is 24.1 Å². The Morgan fingerprint density at radius 3 is 2.54 bits per heavy atom. The molecule has 136 valence electrons. The van der Waals surface area contributed by atoms with E-state index in [1.807, 2.05) is 30.4 Å². The number of hydrogen-bond acceptors (Lipinski definition) is 5. The Bertz CT molecular complexity index is 818. The summed E-state index contributed by atoms with van der Waals surface area (Å²) in [5.41, 5.74) is 0.910. The maximum absolute atomic E-state index is 9.73. The van der Waals surface area contributed by atoms with Crippen LogP contribution in [0.3, 0.4) is 0 Å². The number of aliphatic hydroxyl groups is 1. The van der Waals surface area contributed by atoms with Gasteiger partial charge in [-0.1, -0.05) is 35.3 Å². The maximum Gasteiger partial charge on any atom is 0.231 e. The molecule has 1 N–H and O–H groups in total. The molecule has 0 saturated carbocycles. The lowest BCUT2D eigenvalue weighted by Crippen LogP contribution is -2.39. The Kier molecular flexibility index (Phi) is 4.96. The lowest BCUT2D eigenvalue weighted by Gasteiger charge is -2.32. The highest BCUT2D eigenvalue weighted by Crippen LogP contribution is 2.37. The van der Waals surface area contributed by atoms with Gasteiger partial charge in [0.2, 0.25) is 6.79 Å². The van der Waals surface area contributed by atoms with Crippen molar-refractivity contribution in [1.82, 2.24) is 0 Å². The molecule has 0 aromatic heterocycles. The van der Waals surface area contributed by atoms with Gasteiger partial charge in [0.05, 0.1) is 6.61 Å². The number of aliphatic hydroxyl groups excluding tert-OH is 1. The minimum atomic E-state index is -0.534. The smallest absolute Gasteiger partial charge is 0.231 e. The van der Waals surface area contributed by atoms with E-state index >= 15 is 0 Å². The summed E-state index contributed by atoms with van der Waals surface area (Å²) in [5, 5.41) is 10.7. The minimum absolute atomic E-state index is 0.190. The van der Waals surface area contributed by atoms with Gasteiger partial charge in [-0.05, 0) is 42.0 Å². The van der Waals surface area contributed by atoms with Gasteiger partial charge in [-0.25, -0.2) is 0 Å². The molecule has 2 aliphatic rings. The van der Waals surface area contributed by atoms with Crippen LogP contribution in [0.1, 0.15) is 11.7 Å². The molecule has 0 aliphatic carbocycles. The van der Waals surface area contributed by atoms with Gasteiger partial charge in [-0.2, -0.15) is 0 Å². The SMILES string of the molecule is OCC1OC(c2ccc3c(c2)OCO3)C=CC1Oc1cc(Cl)cc(Cl)c1. The number of hydrogen-bond donors (Lipinski definition) is 1. The van der Waals surface area contributed by atoms with E-state index in [4.69, 9.17) is 42.1 Å². The summed E-state index contributed by atoms with van der Waals surface area (Å²) in [7, 11) is 0. The Hall–Kier alpha value is -1.92. The summed E-state index contributed by atoms with van der Waals surface area (Å²) in [4.78, 5) is 0. The molecule has 5 nitrogen and oxygen atoms in total. The van der Waals surface area contributed by atoms with Crippen molar-refractivity contribution in [3.8, 4) is 17.2 Å². The van der Waals surface area contributed by atoms with Crippen LogP contribution in [0.15, 0.2) is 48.6 Å². The van der Waals surface area contributed by atoms with Gasteiger partial charge < -0.3 is 24.1 Å². The average molecular weight is 395 g/mol. The summed E-state index contributed by atoms with van der Waals surface area (Å²) in [6.45, 7) is 0.0296. The van der Waals surface area contributed by atoms with Crippen molar-refractivity contribution in [2.75, 3.05) is 13.4 Å². The summed E-state index contributed by atoms with van der Waals surface area (Å²) >= 11 is 12.0. The molecular formula is C19H16Cl2O5. The second-order valence-corrected chi connectivity index (χ2v) is 6.84. The van der Waals surface area contributed by atoms with Crippen LogP contribution in [0.2, 0.25) is 10.0 Å². The fourth-order valence-corrected chi connectivity index (χ4v) is 3.45. The van der Waals surface area contributed by atoms with Crippen molar-refractivity contribution in [3.63, 3.8) is 0 Å². The topological polar surface area (TPSA) is 57.2 Å². The molecule has 2 aromatic carbocycles. The van der Waals surface area contributed by atoms with Gasteiger partial charge in [0.1, 0.15) is 24.1 Å². The molecular weight excluding hydrogens is 379 g/mol. The van der Waals surface area contributed by atoms with Crippen molar-refractivity contribution in [2.45, 2.75) is 18.3 Å². The van der Waals surface area contributed by atoms with Gasteiger partial charge in [0.15, 0.2) is 11.5 Å². The van der Waals surface area contributed by atoms with Gasteiger partial charge in [0.25, 0.3) is 0 Å². The van der Waals surface area contributed by atoms with Gasteiger partial charge in [0, 0.05) is 10.0 Å². The molecule has 26 heavy (non-hydrogen) atoms. The Balaban J connectivity index is 1.53. The third kappa shape index (κ3) is 3.62. The summed E-state index contributed by atoms with van der Waals surface area (Å²) in [5.74, 6) is 1.92. The zero-order chi connectivity index (χ0) is 18.1. The van der Waals surface area contributed by atoms with Crippen LogP contribution in [0.4, 0.5) is 0 Å². The summed E-state index contributed by atoms with van der Waals surface area (Å²) in [6, 6.07) is 10.6. The van der Waals surface area contributed by atoms with E-state index in [9.17, 15) is 5.11 Å². The Labute approximate surface area is 160 Å². The fourth-order valence-electron chi connectivity index (χ4n) is 2.94. The molecule has 0 fully saturated rings. The lowest BCUT2D eigenvalue weighted by atomic mass is 10.0. The second-order valence-electron chi connectivity index (χ2n) is 5.96. The quantitative estimate of drug-likeness (QED) is 0.788. The van der Waals surface area contributed by atoms with Crippen LogP contribution >= 0.6 is 23.2 Å². The van der Waals surface area contributed by atoms with Crippen molar-refractivity contribution >= 4 is 23.2 Å². The number of rotatable bonds is 4. The van der Waals surface area contributed by atoms with E-state index < -0.39 is 12.2 Å². The molecule has 0 bridgehead atoms. The zero-order valence-electron chi connectivity index (χ0n) is 13.6. The Morgan fingerprint density at radius 2 is 1.77 bits per heavy atom. The number of ether oxygens (including phenoxy) is 4. The maximum atomic E-state index is 9.73. The monoisotopic (exact) mass is 394 g/mol. The molecule has 7 heteroatoms. The predicted octanol–water partition coefficient (Wildman–Crippen LogP) is 4.16. The number of benzene rings is 2. The van der Waals surface area contributed by atoms with E-state index in [0.29, 0.717) is 27.3 Å². The van der Waals surface area contributed by atoms with E-state index in [1.165, 1.54) is 0 Å². The molecule has 0 amide bonds. The molecule has 0 saturated heterocycles. The highest BCUT2D eigenvalue weighted by molar-refractivity contribution is 6.34. The van der Waals surface area contributed by atoms with Crippen molar-refractivity contribution in [2.24, 2.45) is 0 Å². The highest BCUT2D eigenvalue weighted by atomic mass is 35.5. The van der Waals surface area contributed by atoms with Crippen LogP contribution in [-0.4, -0.2) is 30.7 Å². The molecule has 0 radical (unpaired) electrons. The van der Waals surface area contributed by atoms with Crippen LogP contribution < -0.4 is 14.2 Å². The third-order valence-corrected chi connectivity index (χ3v) is 4.61. The van der Waals surface area contributed by atoms with Crippen LogP contribution in [-0.2, 0) is 4.74 Å². The first-order valence-corrected chi connectivity index (χ1v) is 8.85. The highest BCUT2D eigenvalue weighted by Gasteiger charge is 2.30. The number of fused-ring (bicyclic) bond motifs is 1. The van der Waals surface area contributed by atoms with E-state index in [1.54, 1.807) is 18.2 Å². The lowest BCUT2D eigenvalue weighted by molar-refractivity contribution is -0.0731. The standard InChI is InChI=1S/C19H16Cl2O5/c20-12-6-13(21)8-14(7-12)25-17-4-3-15(26-19(17)9-22)11-1-2-16-18(5-11)24-10-23-16/h1-8,15,17,19,22H,9-10H2. The van der Waals surface area contributed by atoms with Crippen molar-refractivity contribution in [1.29, 1.82) is 0 Å². The van der Waals surface area contributed by atoms with Crippen LogP contribution in [0.25, 0.3) is 0 Å². The second kappa shape index (κ2) is 7.37. The molecule has 3 unspecified atom stereocenters. The Morgan fingerprint density at radius 1 is 1.00 bits per heavy atom. The van der Waals surface area contributed by atoms with E-state index in [2.05, 4.69) is 0 Å². The molecule has 0 spiro atoms. The molecule has 2 heterocycles. The third-order valence-electron chi connectivity index (χ3n) is 4.18. The number of halogens is 2. The van der Waals surface area contributed by atoms with Crippen molar-refractivity contribution in [3.05, 3.63) is 64.2 Å². The van der Waals surface area contributed by atoms with Crippen LogP contribution in [0.5, 0.6) is 17.2 Å². The molecule has 3 atom stereocenters. The first kappa shape index (κ1) is 17.5. The first-order chi connectivity index (χ1) is 12.6. The minimum Gasteiger partial charge on any atom is -0.483 e. The van der Waals surface area contributed by atoms with Gasteiger partial charge in [-0.15, -0.1) is 0 Å². The van der Waals surface area contributed by atoms with Gasteiger partial charge >= 0.3 is 0 Å². The largest absolute Gasteiger partial charge is 0.483 e.